The number of aromatic nitrogens is 2. The summed E-state index contributed by atoms with van der Waals surface area (Å²) in [6.07, 6.45) is 4.40. The lowest BCUT2D eigenvalue weighted by molar-refractivity contribution is -0.121. The fraction of sp³-hybridized carbons (Fsp3) is 0.300. The molecular weight excluding hydrogens is 376 g/mol. The molecule has 2 aromatic heterocycles. The van der Waals surface area contributed by atoms with Gasteiger partial charge in [-0.05, 0) is 49.2 Å². The highest BCUT2D eigenvalue weighted by Gasteiger charge is 2.23. The fourth-order valence-electron chi connectivity index (χ4n) is 2.84. The topological polar surface area (TPSA) is 83.8 Å². The Morgan fingerprint density at radius 1 is 1.18 bits per heavy atom. The van der Waals surface area contributed by atoms with E-state index in [-0.39, 0.29) is 17.3 Å². The van der Waals surface area contributed by atoms with E-state index >= 15 is 0 Å². The number of carbonyl (C=O) groups is 1. The minimum atomic E-state index is -3.71. The first-order valence-corrected chi connectivity index (χ1v) is 10.4. The van der Waals surface area contributed by atoms with E-state index in [1.807, 2.05) is 48.8 Å². The van der Waals surface area contributed by atoms with Gasteiger partial charge >= 0.3 is 0 Å². The molecule has 1 amide bonds. The number of fused-ring (bicyclic) bond motifs is 1. The molecule has 0 spiro atoms. The van der Waals surface area contributed by atoms with Crippen LogP contribution in [0.1, 0.15) is 16.8 Å². The lowest BCUT2D eigenvalue weighted by Crippen LogP contribution is -2.39. The third-order valence-electron chi connectivity index (χ3n) is 4.67. The van der Waals surface area contributed by atoms with Crippen LogP contribution in [0.2, 0.25) is 0 Å². The second kappa shape index (κ2) is 8.12. The number of nitrogens with zero attached hydrogens (tertiary/aromatic N) is 3. The van der Waals surface area contributed by atoms with Gasteiger partial charge in [0.1, 0.15) is 5.65 Å². The van der Waals surface area contributed by atoms with Crippen LogP contribution in [0, 0.1) is 13.8 Å². The summed E-state index contributed by atoms with van der Waals surface area (Å²) >= 11 is 0. The number of pyridine rings is 1. The molecule has 148 valence electrons. The minimum Gasteiger partial charge on any atom is -0.355 e. The van der Waals surface area contributed by atoms with E-state index < -0.39 is 10.0 Å². The third kappa shape index (κ3) is 4.40. The standard InChI is InChI=1S/C20H24N4O3S/c1-15-7-8-18(12-16(15)2)28(26,27)23(3)14-20(25)21-10-9-17-13-24-11-5-4-6-19(24)22-17/h4-8,11-13H,9-10,14H2,1-3H3,(H,21,25). The van der Waals surface area contributed by atoms with Crippen molar-refractivity contribution in [3.8, 4) is 0 Å². The number of likely N-dealkylation sites (N-methyl/N-ethyl adjacent to an activating group) is 1. The summed E-state index contributed by atoms with van der Waals surface area (Å²) in [6.45, 7) is 3.94. The Bertz CT molecular complexity index is 1070. The SMILES string of the molecule is Cc1ccc(S(=O)(=O)N(C)CC(=O)NCCc2cn3ccccc3n2)cc1C. The van der Waals surface area contributed by atoms with Crippen LogP contribution >= 0.6 is 0 Å². The van der Waals surface area contributed by atoms with Gasteiger partial charge in [0.25, 0.3) is 0 Å². The maximum absolute atomic E-state index is 12.7. The summed E-state index contributed by atoms with van der Waals surface area (Å²) in [5.41, 5.74) is 3.63. The monoisotopic (exact) mass is 400 g/mol. The molecule has 0 atom stereocenters. The lowest BCUT2D eigenvalue weighted by atomic mass is 10.1. The van der Waals surface area contributed by atoms with E-state index in [2.05, 4.69) is 10.3 Å². The first kappa shape index (κ1) is 20.0. The summed E-state index contributed by atoms with van der Waals surface area (Å²) < 4.78 is 28.3. The first-order chi connectivity index (χ1) is 13.3. The Labute approximate surface area is 165 Å². The van der Waals surface area contributed by atoms with Crippen LogP contribution in [0.4, 0.5) is 0 Å². The molecule has 3 aromatic rings. The van der Waals surface area contributed by atoms with Gasteiger partial charge in [0.05, 0.1) is 17.1 Å². The number of aryl methyl sites for hydroxylation is 2. The molecule has 0 aliphatic rings. The van der Waals surface area contributed by atoms with Gasteiger partial charge in [-0.1, -0.05) is 12.1 Å². The molecule has 3 rings (SSSR count). The van der Waals surface area contributed by atoms with Gasteiger partial charge in [0.15, 0.2) is 0 Å². The summed E-state index contributed by atoms with van der Waals surface area (Å²) in [5.74, 6) is -0.348. The molecule has 2 heterocycles. The Balaban J connectivity index is 1.55. The molecule has 0 fully saturated rings. The maximum Gasteiger partial charge on any atom is 0.243 e. The van der Waals surface area contributed by atoms with E-state index in [0.717, 1.165) is 26.8 Å². The zero-order chi connectivity index (χ0) is 20.3. The van der Waals surface area contributed by atoms with Crippen molar-refractivity contribution in [2.45, 2.75) is 25.2 Å². The van der Waals surface area contributed by atoms with Crippen molar-refractivity contribution in [1.82, 2.24) is 19.0 Å². The molecule has 0 unspecified atom stereocenters. The number of sulfonamides is 1. The van der Waals surface area contributed by atoms with Crippen LogP contribution in [0.15, 0.2) is 53.7 Å². The van der Waals surface area contributed by atoms with Crippen molar-refractivity contribution in [3.05, 3.63) is 65.6 Å². The number of imidazole rings is 1. The molecule has 7 nitrogen and oxygen atoms in total. The van der Waals surface area contributed by atoms with Crippen molar-refractivity contribution in [3.63, 3.8) is 0 Å². The molecule has 0 saturated carbocycles. The van der Waals surface area contributed by atoms with E-state index in [9.17, 15) is 13.2 Å². The van der Waals surface area contributed by atoms with Crippen LogP contribution in [0.3, 0.4) is 0 Å². The Morgan fingerprint density at radius 3 is 2.68 bits per heavy atom. The second-order valence-electron chi connectivity index (χ2n) is 6.81. The normalized spacial score (nSPS) is 11.9. The number of amides is 1. The van der Waals surface area contributed by atoms with Crippen molar-refractivity contribution >= 4 is 21.6 Å². The zero-order valence-corrected chi connectivity index (χ0v) is 17.0. The summed E-state index contributed by atoms with van der Waals surface area (Å²) in [5, 5.41) is 2.76. The second-order valence-corrected chi connectivity index (χ2v) is 8.85. The molecule has 1 N–H and O–H groups in total. The van der Waals surface area contributed by atoms with Crippen LogP contribution < -0.4 is 5.32 Å². The molecule has 0 saturated heterocycles. The van der Waals surface area contributed by atoms with Crippen LogP contribution in [0.25, 0.3) is 5.65 Å². The minimum absolute atomic E-state index is 0.190. The van der Waals surface area contributed by atoms with E-state index in [4.69, 9.17) is 0 Å². The predicted octanol–water partition coefficient (Wildman–Crippen LogP) is 1.93. The van der Waals surface area contributed by atoms with E-state index in [1.165, 1.54) is 7.05 Å². The van der Waals surface area contributed by atoms with Crippen LogP contribution in [-0.4, -0.2) is 48.2 Å². The van der Waals surface area contributed by atoms with Crippen LogP contribution in [0.5, 0.6) is 0 Å². The number of rotatable bonds is 7. The smallest absolute Gasteiger partial charge is 0.243 e. The number of nitrogens with one attached hydrogen (secondary N) is 1. The number of benzene rings is 1. The zero-order valence-electron chi connectivity index (χ0n) is 16.2. The molecule has 0 bridgehead atoms. The van der Waals surface area contributed by atoms with Crippen molar-refractivity contribution in [2.75, 3.05) is 20.1 Å². The highest BCUT2D eigenvalue weighted by atomic mass is 32.2. The highest BCUT2D eigenvalue weighted by molar-refractivity contribution is 7.89. The van der Waals surface area contributed by atoms with Gasteiger partial charge in [-0.3, -0.25) is 4.79 Å². The summed E-state index contributed by atoms with van der Waals surface area (Å²) in [4.78, 5) is 16.8. The molecule has 0 radical (unpaired) electrons. The molecule has 8 heteroatoms. The fourth-order valence-corrected chi connectivity index (χ4v) is 4.05. The Kier molecular flexibility index (Phi) is 5.81. The average Bonchev–Trinajstić information content (AvgIpc) is 3.06. The molecule has 28 heavy (non-hydrogen) atoms. The van der Waals surface area contributed by atoms with Gasteiger partial charge in [0, 0.05) is 32.4 Å². The molecule has 1 aromatic carbocycles. The number of hydrogen-bond acceptors (Lipinski definition) is 4. The van der Waals surface area contributed by atoms with Crippen molar-refractivity contribution < 1.29 is 13.2 Å². The van der Waals surface area contributed by atoms with Gasteiger partial charge in [-0.25, -0.2) is 13.4 Å². The number of hydrogen-bond donors (Lipinski definition) is 1. The Hall–Kier alpha value is -2.71. The van der Waals surface area contributed by atoms with Gasteiger partial charge in [-0.2, -0.15) is 4.31 Å². The average molecular weight is 401 g/mol. The Morgan fingerprint density at radius 2 is 1.96 bits per heavy atom. The first-order valence-electron chi connectivity index (χ1n) is 9.00. The van der Waals surface area contributed by atoms with Gasteiger partial charge < -0.3 is 9.72 Å². The third-order valence-corrected chi connectivity index (χ3v) is 6.47. The quantitative estimate of drug-likeness (QED) is 0.657. The van der Waals surface area contributed by atoms with E-state index in [0.29, 0.717) is 13.0 Å². The molecular formula is C20H24N4O3S. The number of carbonyl (C=O) groups excluding carboxylic acids is 1. The molecule has 0 aliphatic heterocycles. The maximum atomic E-state index is 12.7. The van der Waals surface area contributed by atoms with Gasteiger partial charge in [-0.15, -0.1) is 0 Å². The summed E-state index contributed by atoms with van der Waals surface area (Å²) in [7, 11) is -2.30. The summed E-state index contributed by atoms with van der Waals surface area (Å²) in [6, 6.07) is 10.7. The van der Waals surface area contributed by atoms with Gasteiger partial charge in [0.2, 0.25) is 15.9 Å². The lowest BCUT2D eigenvalue weighted by Gasteiger charge is -2.17. The van der Waals surface area contributed by atoms with Crippen molar-refractivity contribution in [2.24, 2.45) is 0 Å². The highest BCUT2D eigenvalue weighted by Crippen LogP contribution is 2.18. The molecule has 0 aliphatic carbocycles. The van der Waals surface area contributed by atoms with E-state index in [1.54, 1.807) is 18.2 Å². The predicted molar refractivity (Wildman–Crippen MR) is 108 cm³/mol. The van der Waals surface area contributed by atoms with Crippen LogP contribution in [-0.2, 0) is 21.2 Å². The largest absolute Gasteiger partial charge is 0.355 e. The van der Waals surface area contributed by atoms with Crippen molar-refractivity contribution in [1.29, 1.82) is 0 Å².